The first-order valence-electron chi connectivity index (χ1n) is 7.48. The second kappa shape index (κ2) is 7.75. The molecule has 0 fully saturated rings. The summed E-state index contributed by atoms with van der Waals surface area (Å²) in [6, 6.07) is -1.46. The van der Waals surface area contributed by atoms with E-state index < -0.39 is 34.5 Å². The minimum absolute atomic E-state index is 0.115. The smallest absolute Gasteiger partial charge is 0.323 e. The molecule has 1 rings (SSSR count). The Bertz CT molecular complexity index is 693. The number of carboxylic acids is 1. The van der Waals surface area contributed by atoms with Gasteiger partial charge in [0.05, 0.1) is 6.04 Å². The fourth-order valence-electron chi connectivity index (χ4n) is 2.27. The maximum Gasteiger partial charge on any atom is 0.323 e. The molecule has 136 valence electrons. The van der Waals surface area contributed by atoms with Crippen molar-refractivity contribution >= 4 is 21.9 Å². The van der Waals surface area contributed by atoms with Gasteiger partial charge in [0.15, 0.2) is 5.76 Å². The van der Waals surface area contributed by atoms with E-state index in [0.717, 1.165) is 4.90 Å². The summed E-state index contributed by atoms with van der Waals surface area (Å²) in [7, 11) is -4.02. The predicted octanol–water partition coefficient (Wildman–Crippen LogP) is 0.670. The van der Waals surface area contributed by atoms with E-state index in [9.17, 15) is 18.0 Å². The summed E-state index contributed by atoms with van der Waals surface area (Å²) in [5.74, 6) is -1.66. The molecule has 2 N–H and O–H groups in total. The molecule has 0 spiro atoms. The Morgan fingerprint density at radius 2 is 1.92 bits per heavy atom. The number of hydrogen-bond donors (Lipinski definition) is 2. The number of nitrogens with one attached hydrogen (secondary N) is 1. The lowest BCUT2D eigenvalue weighted by Gasteiger charge is -2.29. The summed E-state index contributed by atoms with van der Waals surface area (Å²) < 4.78 is 32.0. The Morgan fingerprint density at radius 3 is 2.33 bits per heavy atom. The van der Waals surface area contributed by atoms with Crippen LogP contribution < -0.4 is 4.72 Å². The lowest BCUT2D eigenvalue weighted by Crippen LogP contribution is -2.51. The second-order valence-electron chi connectivity index (χ2n) is 5.61. The minimum atomic E-state index is -4.02. The van der Waals surface area contributed by atoms with Crippen LogP contribution in [0.5, 0.6) is 0 Å². The van der Waals surface area contributed by atoms with Crippen molar-refractivity contribution in [2.24, 2.45) is 0 Å². The molecule has 0 aliphatic carbocycles. The average Bonchev–Trinajstić information content (AvgIpc) is 2.82. The van der Waals surface area contributed by atoms with Crippen LogP contribution in [-0.4, -0.2) is 54.1 Å². The van der Waals surface area contributed by atoms with Crippen LogP contribution in [-0.2, 0) is 19.6 Å². The van der Waals surface area contributed by atoms with Crippen molar-refractivity contribution in [3.05, 3.63) is 11.5 Å². The third-order valence-electron chi connectivity index (χ3n) is 3.65. The van der Waals surface area contributed by atoms with E-state index in [-0.39, 0.29) is 22.4 Å². The fraction of sp³-hybridized carbons (Fsp3) is 0.643. The van der Waals surface area contributed by atoms with Gasteiger partial charge in [0, 0.05) is 6.04 Å². The molecule has 9 nitrogen and oxygen atoms in total. The highest BCUT2D eigenvalue weighted by Crippen LogP contribution is 2.19. The van der Waals surface area contributed by atoms with E-state index in [0.29, 0.717) is 6.42 Å². The van der Waals surface area contributed by atoms with Crippen molar-refractivity contribution in [2.45, 2.75) is 58.0 Å². The molecule has 0 radical (unpaired) electrons. The van der Waals surface area contributed by atoms with E-state index in [1.807, 2.05) is 6.92 Å². The number of hydrogen-bond acceptors (Lipinski definition) is 6. The lowest BCUT2D eigenvalue weighted by atomic mass is 10.2. The van der Waals surface area contributed by atoms with Crippen LogP contribution in [0.2, 0.25) is 0 Å². The Kier molecular flexibility index (Phi) is 6.50. The van der Waals surface area contributed by atoms with Crippen molar-refractivity contribution in [1.29, 1.82) is 0 Å². The quantitative estimate of drug-likeness (QED) is 0.696. The standard InChI is InChI=1S/C14H23N3O6S/c1-6-8(2)17(7-12(18)19)14(20)10(4)16-24(21,22)13-9(3)15-23-11(13)5/h8,10,16H,6-7H2,1-5H3,(H,18,19). The van der Waals surface area contributed by atoms with Crippen LogP contribution in [0, 0.1) is 13.8 Å². The fourth-order valence-corrected chi connectivity index (χ4v) is 3.79. The largest absolute Gasteiger partial charge is 0.480 e. The number of amides is 1. The topological polar surface area (TPSA) is 130 Å². The van der Waals surface area contributed by atoms with Gasteiger partial charge >= 0.3 is 5.97 Å². The first kappa shape index (κ1) is 20.1. The van der Waals surface area contributed by atoms with E-state index >= 15 is 0 Å². The molecule has 10 heteroatoms. The molecular weight excluding hydrogens is 338 g/mol. The van der Waals surface area contributed by atoms with Gasteiger partial charge in [-0.2, -0.15) is 4.72 Å². The summed E-state index contributed by atoms with van der Waals surface area (Å²) in [6.45, 7) is 7.33. The SMILES string of the molecule is CCC(C)N(CC(=O)O)C(=O)C(C)NS(=O)(=O)c1c(C)noc1C. The number of carbonyl (C=O) groups is 2. The molecule has 2 atom stereocenters. The number of aromatic nitrogens is 1. The van der Waals surface area contributed by atoms with Crippen LogP contribution in [0.3, 0.4) is 0 Å². The average molecular weight is 361 g/mol. The molecular formula is C14H23N3O6S. The lowest BCUT2D eigenvalue weighted by molar-refractivity contribution is -0.146. The Hall–Kier alpha value is -1.94. The van der Waals surface area contributed by atoms with E-state index in [2.05, 4.69) is 9.88 Å². The van der Waals surface area contributed by atoms with E-state index in [1.54, 1.807) is 6.92 Å². The molecule has 0 aliphatic heterocycles. The zero-order chi connectivity index (χ0) is 18.7. The first-order chi connectivity index (χ1) is 11.0. The molecule has 0 aliphatic rings. The number of aliphatic carboxylic acids is 1. The predicted molar refractivity (Wildman–Crippen MR) is 84.9 cm³/mol. The van der Waals surface area contributed by atoms with Gasteiger partial charge in [-0.05, 0) is 34.1 Å². The second-order valence-corrected chi connectivity index (χ2v) is 7.26. The summed E-state index contributed by atoms with van der Waals surface area (Å²) in [5.41, 5.74) is 0.184. The van der Waals surface area contributed by atoms with Crippen molar-refractivity contribution in [3.8, 4) is 0 Å². The summed E-state index contributed by atoms with van der Waals surface area (Å²) in [5, 5.41) is 12.5. The third-order valence-corrected chi connectivity index (χ3v) is 5.43. The minimum Gasteiger partial charge on any atom is -0.480 e. The molecule has 0 saturated carbocycles. The van der Waals surface area contributed by atoms with Gasteiger partial charge in [0.2, 0.25) is 15.9 Å². The molecule has 0 bridgehead atoms. The van der Waals surface area contributed by atoms with Gasteiger partial charge in [-0.1, -0.05) is 12.1 Å². The summed E-state index contributed by atoms with van der Waals surface area (Å²) in [6.07, 6.45) is 0.544. The maximum absolute atomic E-state index is 12.5. The van der Waals surface area contributed by atoms with Crippen molar-refractivity contribution in [1.82, 2.24) is 14.8 Å². The zero-order valence-corrected chi connectivity index (χ0v) is 15.2. The molecule has 0 aromatic carbocycles. The van der Waals surface area contributed by atoms with Crippen LogP contribution in [0.15, 0.2) is 9.42 Å². The molecule has 0 saturated heterocycles. The van der Waals surface area contributed by atoms with Gasteiger partial charge in [0.25, 0.3) is 0 Å². The first-order valence-corrected chi connectivity index (χ1v) is 8.97. The third kappa shape index (κ3) is 4.54. The molecule has 1 aromatic rings. The number of aryl methyl sites for hydroxylation is 2. The van der Waals surface area contributed by atoms with Gasteiger partial charge in [-0.15, -0.1) is 0 Å². The van der Waals surface area contributed by atoms with Gasteiger partial charge in [-0.3, -0.25) is 9.59 Å². The van der Waals surface area contributed by atoms with Gasteiger partial charge in [0.1, 0.15) is 17.1 Å². The van der Waals surface area contributed by atoms with Crippen LogP contribution in [0.25, 0.3) is 0 Å². The van der Waals surface area contributed by atoms with Crippen LogP contribution in [0.1, 0.15) is 38.6 Å². The Morgan fingerprint density at radius 1 is 1.33 bits per heavy atom. The highest BCUT2D eigenvalue weighted by Gasteiger charge is 2.31. The number of carbonyl (C=O) groups excluding carboxylic acids is 1. The van der Waals surface area contributed by atoms with Gasteiger partial charge in [-0.25, -0.2) is 8.42 Å². The highest BCUT2D eigenvalue weighted by molar-refractivity contribution is 7.89. The normalized spacial score (nSPS) is 14.2. The van der Waals surface area contributed by atoms with E-state index in [4.69, 9.17) is 9.63 Å². The number of rotatable bonds is 8. The number of carboxylic acid groups (broad SMARTS) is 1. The summed E-state index contributed by atoms with van der Waals surface area (Å²) in [4.78, 5) is 24.5. The molecule has 1 aromatic heterocycles. The maximum atomic E-state index is 12.5. The Labute approximate surface area is 141 Å². The van der Waals surface area contributed by atoms with Crippen molar-refractivity contribution in [2.75, 3.05) is 6.54 Å². The van der Waals surface area contributed by atoms with Crippen molar-refractivity contribution in [3.63, 3.8) is 0 Å². The molecule has 1 heterocycles. The monoisotopic (exact) mass is 361 g/mol. The number of sulfonamides is 1. The summed E-state index contributed by atoms with van der Waals surface area (Å²) >= 11 is 0. The highest BCUT2D eigenvalue weighted by atomic mass is 32.2. The van der Waals surface area contributed by atoms with Crippen LogP contribution >= 0.6 is 0 Å². The Balaban J connectivity index is 3.01. The zero-order valence-electron chi connectivity index (χ0n) is 14.4. The molecule has 2 unspecified atom stereocenters. The number of nitrogens with zero attached hydrogens (tertiary/aromatic N) is 2. The van der Waals surface area contributed by atoms with Gasteiger partial charge < -0.3 is 14.5 Å². The molecule has 1 amide bonds. The van der Waals surface area contributed by atoms with Crippen molar-refractivity contribution < 1.29 is 27.6 Å². The van der Waals surface area contributed by atoms with Crippen LogP contribution in [0.4, 0.5) is 0 Å². The van der Waals surface area contributed by atoms with E-state index in [1.165, 1.54) is 20.8 Å². The molecule has 24 heavy (non-hydrogen) atoms.